The maximum Gasteiger partial charge on any atom is 0.319 e. The van der Waals surface area contributed by atoms with E-state index in [4.69, 9.17) is 9.52 Å². The molecule has 6 heteroatoms. The number of oxazole rings is 1. The van der Waals surface area contributed by atoms with Crippen molar-refractivity contribution in [1.82, 2.24) is 10.3 Å². The highest BCUT2D eigenvalue weighted by molar-refractivity contribution is 5.91. The number of aliphatic hydroxyl groups excluding tert-OH is 1. The fourth-order valence-corrected chi connectivity index (χ4v) is 2.09. The Bertz CT molecular complexity index is 673. The van der Waals surface area contributed by atoms with E-state index in [1.165, 1.54) is 0 Å². The summed E-state index contributed by atoms with van der Waals surface area (Å²) in [5.74, 6) is 0.907. The molecule has 3 N–H and O–H groups in total. The summed E-state index contributed by atoms with van der Waals surface area (Å²) in [4.78, 5) is 16.4. The number of hydrogen-bond acceptors (Lipinski definition) is 4. The van der Waals surface area contributed by atoms with Crippen molar-refractivity contribution < 1.29 is 14.3 Å². The zero-order valence-electron chi connectivity index (χ0n) is 14.1. The maximum absolute atomic E-state index is 11.9. The molecule has 0 saturated heterocycles. The second-order valence-corrected chi connectivity index (χ2v) is 6.90. The number of hydrogen-bond donors (Lipinski definition) is 3. The SMILES string of the molecule is CC(CCO)CNC(=O)Nc1ccc2oc(C(C)(C)C)nc2c1. The summed E-state index contributed by atoms with van der Waals surface area (Å²) in [5.41, 5.74) is 1.93. The molecule has 0 aliphatic rings. The van der Waals surface area contributed by atoms with Crippen molar-refractivity contribution in [3.63, 3.8) is 0 Å². The minimum Gasteiger partial charge on any atom is -0.440 e. The van der Waals surface area contributed by atoms with Crippen LogP contribution < -0.4 is 10.6 Å². The van der Waals surface area contributed by atoms with E-state index in [0.29, 0.717) is 30.1 Å². The molecule has 1 unspecified atom stereocenters. The molecular formula is C17H25N3O3. The third-order valence-corrected chi connectivity index (χ3v) is 3.52. The van der Waals surface area contributed by atoms with Crippen molar-refractivity contribution >= 4 is 22.8 Å². The fourth-order valence-electron chi connectivity index (χ4n) is 2.09. The lowest BCUT2D eigenvalue weighted by Crippen LogP contribution is -2.32. The first-order chi connectivity index (χ1) is 10.8. The van der Waals surface area contributed by atoms with Gasteiger partial charge in [0.1, 0.15) is 5.52 Å². The monoisotopic (exact) mass is 319 g/mol. The number of aliphatic hydroxyl groups is 1. The van der Waals surface area contributed by atoms with Crippen LogP contribution in [-0.2, 0) is 5.41 Å². The fraction of sp³-hybridized carbons (Fsp3) is 0.529. The summed E-state index contributed by atoms with van der Waals surface area (Å²) in [6.45, 7) is 8.75. The Morgan fingerprint density at radius 2 is 2.13 bits per heavy atom. The second-order valence-electron chi connectivity index (χ2n) is 6.90. The Morgan fingerprint density at radius 1 is 1.39 bits per heavy atom. The van der Waals surface area contributed by atoms with Crippen molar-refractivity contribution in [2.45, 2.75) is 39.5 Å². The third-order valence-electron chi connectivity index (χ3n) is 3.52. The Balaban J connectivity index is 2.02. The normalized spacial score (nSPS) is 13.1. The lowest BCUT2D eigenvalue weighted by atomic mass is 9.97. The van der Waals surface area contributed by atoms with Crippen molar-refractivity contribution in [2.75, 3.05) is 18.5 Å². The van der Waals surface area contributed by atoms with Crippen LogP contribution in [0.25, 0.3) is 11.1 Å². The largest absolute Gasteiger partial charge is 0.440 e. The minimum absolute atomic E-state index is 0.128. The Kier molecular flexibility index (Phi) is 5.26. The molecule has 23 heavy (non-hydrogen) atoms. The Hall–Kier alpha value is -2.08. The maximum atomic E-state index is 11.9. The van der Waals surface area contributed by atoms with Gasteiger partial charge in [-0.2, -0.15) is 0 Å². The predicted octanol–water partition coefficient (Wildman–Crippen LogP) is 3.27. The molecule has 0 bridgehead atoms. The number of carbonyl (C=O) groups is 1. The Morgan fingerprint density at radius 3 is 2.78 bits per heavy atom. The number of benzene rings is 1. The highest BCUT2D eigenvalue weighted by Gasteiger charge is 2.21. The molecule has 2 aromatic rings. The highest BCUT2D eigenvalue weighted by atomic mass is 16.3. The predicted molar refractivity (Wildman–Crippen MR) is 90.6 cm³/mol. The van der Waals surface area contributed by atoms with Gasteiger partial charge in [-0.25, -0.2) is 9.78 Å². The summed E-state index contributed by atoms with van der Waals surface area (Å²) in [6, 6.07) is 5.12. The topological polar surface area (TPSA) is 87.4 Å². The van der Waals surface area contributed by atoms with Gasteiger partial charge in [0.25, 0.3) is 0 Å². The van der Waals surface area contributed by atoms with Crippen molar-refractivity contribution in [3.8, 4) is 0 Å². The van der Waals surface area contributed by atoms with Crippen molar-refractivity contribution in [2.24, 2.45) is 5.92 Å². The van der Waals surface area contributed by atoms with E-state index in [1.807, 2.05) is 33.8 Å². The van der Waals surface area contributed by atoms with Crippen LogP contribution in [0.2, 0.25) is 0 Å². The molecule has 1 atom stereocenters. The quantitative estimate of drug-likeness (QED) is 0.789. The van der Waals surface area contributed by atoms with E-state index < -0.39 is 0 Å². The van der Waals surface area contributed by atoms with E-state index in [-0.39, 0.29) is 24.0 Å². The standard InChI is InChI=1S/C17H25N3O3/c1-11(7-8-21)10-18-16(22)19-12-5-6-14-13(9-12)20-15(23-14)17(2,3)4/h5-6,9,11,21H,7-8,10H2,1-4H3,(H2,18,19,22). The molecule has 1 aromatic heterocycles. The van der Waals surface area contributed by atoms with Crippen LogP contribution in [0.5, 0.6) is 0 Å². The van der Waals surface area contributed by atoms with Crippen LogP contribution in [0.4, 0.5) is 10.5 Å². The number of rotatable bonds is 5. The van der Waals surface area contributed by atoms with Crippen LogP contribution >= 0.6 is 0 Å². The van der Waals surface area contributed by atoms with Crippen molar-refractivity contribution in [1.29, 1.82) is 0 Å². The number of aromatic nitrogens is 1. The van der Waals surface area contributed by atoms with Crippen LogP contribution in [0.1, 0.15) is 40.0 Å². The van der Waals surface area contributed by atoms with Crippen LogP contribution in [-0.4, -0.2) is 29.3 Å². The molecular weight excluding hydrogens is 294 g/mol. The molecule has 1 heterocycles. The van der Waals surface area contributed by atoms with Crippen LogP contribution in [0.3, 0.4) is 0 Å². The molecule has 6 nitrogen and oxygen atoms in total. The van der Waals surface area contributed by atoms with Gasteiger partial charge in [0.05, 0.1) is 0 Å². The van der Waals surface area contributed by atoms with Gasteiger partial charge in [-0.05, 0) is 30.5 Å². The molecule has 126 valence electrons. The first-order valence-corrected chi connectivity index (χ1v) is 7.86. The van der Waals surface area contributed by atoms with Gasteiger partial charge in [0.2, 0.25) is 5.89 Å². The highest BCUT2D eigenvalue weighted by Crippen LogP contribution is 2.27. The second kappa shape index (κ2) is 7.00. The number of carbonyl (C=O) groups excluding carboxylic acids is 1. The van der Waals surface area contributed by atoms with E-state index in [2.05, 4.69) is 15.6 Å². The van der Waals surface area contributed by atoms with Crippen LogP contribution in [0.15, 0.2) is 22.6 Å². The van der Waals surface area contributed by atoms with Gasteiger partial charge in [-0.1, -0.05) is 27.7 Å². The first kappa shape index (κ1) is 17.3. The number of nitrogens with one attached hydrogen (secondary N) is 2. The third kappa shape index (κ3) is 4.69. The summed E-state index contributed by atoms with van der Waals surface area (Å²) in [7, 11) is 0. The van der Waals surface area contributed by atoms with E-state index >= 15 is 0 Å². The molecule has 2 amide bonds. The van der Waals surface area contributed by atoms with Gasteiger partial charge in [-0.15, -0.1) is 0 Å². The molecule has 0 radical (unpaired) electrons. The average Bonchev–Trinajstić information content (AvgIpc) is 2.89. The number of amides is 2. The van der Waals surface area contributed by atoms with E-state index in [0.717, 1.165) is 5.52 Å². The van der Waals surface area contributed by atoms with Gasteiger partial charge in [0, 0.05) is 24.3 Å². The zero-order chi connectivity index (χ0) is 17.0. The van der Waals surface area contributed by atoms with Gasteiger partial charge >= 0.3 is 6.03 Å². The molecule has 0 aliphatic heterocycles. The van der Waals surface area contributed by atoms with Gasteiger partial charge in [-0.3, -0.25) is 0 Å². The lowest BCUT2D eigenvalue weighted by molar-refractivity contribution is 0.243. The van der Waals surface area contributed by atoms with Crippen LogP contribution in [0, 0.1) is 5.92 Å². The molecule has 0 saturated carbocycles. The average molecular weight is 319 g/mol. The molecule has 0 fully saturated rings. The van der Waals surface area contributed by atoms with Gasteiger partial charge in [0.15, 0.2) is 5.58 Å². The molecule has 2 rings (SSSR count). The lowest BCUT2D eigenvalue weighted by Gasteiger charge is -2.12. The number of fused-ring (bicyclic) bond motifs is 1. The number of nitrogens with zero attached hydrogens (tertiary/aromatic N) is 1. The van der Waals surface area contributed by atoms with E-state index in [1.54, 1.807) is 12.1 Å². The van der Waals surface area contributed by atoms with Crippen molar-refractivity contribution in [3.05, 3.63) is 24.1 Å². The van der Waals surface area contributed by atoms with Gasteiger partial charge < -0.3 is 20.2 Å². The first-order valence-electron chi connectivity index (χ1n) is 7.86. The zero-order valence-corrected chi connectivity index (χ0v) is 14.1. The number of urea groups is 1. The summed E-state index contributed by atoms with van der Waals surface area (Å²) in [6.07, 6.45) is 0.667. The summed E-state index contributed by atoms with van der Waals surface area (Å²) >= 11 is 0. The Labute approximate surface area is 136 Å². The molecule has 0 aliphatic carbocycles. The summed E-state index contributed by atoms with van der Waals surface area (Å²) < 4.78 is 5.74. The summed E-state index contributed by atoms with van der Waals surface area (Å²) in [5, 5.41) is 14.4. The minimum atomic E-state index is -0.270. The smallest absolute Gasteiger partial charge is 0.319 e. The number of anilines is 1. The van der Waals surface area contributed by atoms with E-state index in [9.17, 15) is 4.79 Å². The molecule has 1 aromatic carbocycles. The molecule has 0 spiro atoms.